The minimum absolute atomic E-state index is 0.246. The maximum atomic E-state index is 13.4. The number of benzene rings is 1. The third-order valence-electron chi connectivity index (χ3n) is 11.7. The van der Waals surface area contributed by atoms with Crippen LogP contribution in [0.1, 0.15) is 96.5 Å². The van der Waals surface area contributed by atoms with Crippen LogP contribution in [0.25, 0.3) is 0 Å². The molecule has 3 aliphatic heterocycles. The number of imide groups is 1. The lowest BCUT2D eigenvalue weighted by Crippen LogP contribution is -2.51. The molecule has 10 heteroatoms. The summed E-state index contributed by atoms with van der Waals surface area (Å²) in [5, 5.41) is 10.7. The van der Waals surface area contributed by atoms with Crippen LogP contribution < -0.4 is 10.6 Å². The Hall–Kier alpha value is -3.95. The van der Waals surface area contributed by atoms with Crippen molar-refractivity contribution in [3.8, 4) is 0 Å². The fraction of sp³-hybridized carbons (Fsp3) is 0.571. The highest BCUT2D eigenvalue weighted by atomic mass is 16.2. The number of carbonyl (C=O) groups is 4. The average molecular weight is 611 g/mol. The zero-order chi connectivity index (χ0) is 30.8. The van der Waals surface area contributed by atoms with E-state index >= 15 is 0 Å². The summed E-state index contributed by atoms with van der Waals surface area (Å²) in [6.07, 6.45) is 14.2. The Labute approximate surface area is 263 Å². The Morgan fingerprint density at radius 3 is 2.42 bits per heavy atom. The summed E-state index contributed by atoms with van der Waals surface area (Å²) in [5.74, 6) is 3.14. The van der Waals surface area contributed by atoms with Crippen LogP contribution in [-0.2, 0) is 16.1 Å². The first-order chi connectivity index (χ1) is 21.8. The second-order valence-electron chi connectivity index (χ2n) is 14.4. The summed E-state index contributed by atoms with van der Waals surface area (Å²) in [6, 6.07) is 4.58. The fourth-order valence-electron chi connectivity index (χ4n) is 9.69. The van der Waals surface area contributed by atoms with Gasteiger partial charge in [-0.1, -0.05) is 12.6 Å². The summed E-state index contributed by atoms with van der Waals surface area (Å²) in [5.41, 5.74) is 2.74. The van der Waals surface area contributed by atoms with E-state index in [1.54, 1.807) is 18.2 Å². The normalized spacial score (nSPS) is 31.0. The standard InChI is InChI=1S/C35H42N6O4/c1-20-5-6-30(33(43)38-20)41-34(44)27-3-2-4-29(32(27)35(41)45)36-17-23-18-37-40(19-23)26-7-9-39(10-8-26)31(42)16-28-24-12-21-11-22(14-24)15-25(28)13-21/h2-4,18-19,21-22,24-26,28,30,36H,1,5-17H2,(H,38,43). The smallest absolute Gasteiger partial charge is 0.264 e. The van der Waals surface area contributed by atoms with E-state index in [1.807, 2.05) is 17.1 Å². The van der Waals surface area contributed by atoms with Crippen molar-refractivity contribution in [1.29, 1.82) is 0 Å². The number of anilines is 1. The van der Waals surface area contributed by atoms with E-state index in [0.717, 1.165) is 66.5 Å². The van der Waals surface area contributed by atoms with Gasteiger partial charge in [-0.25, -0.2) is 0 Å². The Morgan fingerprint density at radius 2 is 1.71 bits per heavy atom. The topological polar surface area (TPSA) is 117 Å². The van der Waals surface area contributed by atoms with Crippen molar-refractivity contribution < 1.29 is 19.2 Å². The number of piperidine rings is 2. The molecular formula is C35H42N6O4. The van der Waals surface area contributed by atoms with Gasteiger partial charge < -0.3 is 15.5 Å². The van der Waals surface area contributed by atoms with Crippen LogP contribution in [0.5, 0.6) is 0 Å². The molecule has 4 amide bonds. The van der Waals surface area contributed by atoms with E-state index < -0.39 is 17.9 Å². The molecule has 4 bridgehead atoms. The average Bonchev–Trinajstić information content (AvgIpc) is 3.60. The molecule has 4 saturated carbocycles. The summed E-state index contributed by atoms with van der Waals surface area (Å²) in [6.45, 7) is 5.78. The van der Waals surface area contributed by atoms with Crippen molar-refractivity contribution in [1.82, 2.24) is 24.9 Å². The minimum Gasteiger partial charge on any atom is -0.380 e. The molecule has 4 aliphatic carbocycles. The maximum Gasteiger partial charge on any atom is 0.264 e. The Kier molecular flexibility index (Phi) is 7.06. The molecule has 9 rings (SSSR count). The predicted octanol–water partition coefficient (Wildman–Crippen LogP) is 4.51. The van der Waals surface area contributed by atoms with Gasteiger partial charge in [-0.3, -0.25) is 28.8 Å². The highest BCUT2D eigenvalue weighted by molar-refractivity contribution is 6.25. The van der Waals surface area contributed by atoms with Crippen LogP contribution in [0.2, 0.25) is 0 Å². The Balaban J connectivity index is 0.863. The third-order valence-corrected chi connectivity index (χ3v) is 11.7. The van der Waals surface area contributed by atoms with E-state index in [1.165, 1.54) is 32.1 Å². The summed E-state index contributed by atoms with van der Waals surface area (Å²) < 4.78 is 2.01. The molecule has 6 fully saturated rings. The summed E-state index contributed by atoms with van der Waals surface area (Å²) in [7, 11) is 0. The van der Waals surface area contributed by atoms with Gasteiger partial charge in [0.2, 0.25) is 11.8 Å². The highest BCUT2D eigenvalue weighted by Gasteiger charge is 2.49. The zero-order valence-corrected chi connectivity index (χ0v) is 25.7. The Morgan fingerprint density at radius 1 is 0.978 bits per heavy atom. The SMILES string of the molecule is C=C1CCC(N2C(=O)c3cccc(NCc4cnn(C5CCN(C(=O)CC6C7CC8CC(C7)CC6C8)CC5)c4)c3C2=O)C(=O)N1. The molecule has 10 nitrogen and oxygen atoms in total. The van der Waals surface area contributed by atoms with Crippen molar-refractivity contribution in [2.24, 2.45) is 29.6 Å². The molecule has 2 aromatic rings. The highest BCUT2D eigenvalue weighted by Crippen LogP contribution is 2.57. The van der Waals surface area contributed by atoms with Crippen LogP contribution in [0.3, 0.4) is 0 Å². The lowest BCUT2D eigenvalue weighted by atomic mass is 9.51. The molecule has 45 heavy (non-hydrogen) atoms. The number of carbonyl (C=O) groups excluding carboxylic acids is 4. The first-order valence-electron chi connectivity index (χ1n) is 16.9. The van der Waals surface area contributed by atoms with E-state index in [4.69, 9.17) is 0 Å². The van der Waals surface area contributed by atoms with Gasteiger partial charge in [0.1, 0.15) is 6.04 Å². The Bertz CT molecular complexity index is 1540. The number of fused-ring (bicyclic) bond motifs is 1. The van der Waals surface area contributed by atoms with Crippen LogP contribution in [0.15, 0.2) is 42.9 Å². The number of aromatic nitrogens is 2. The third kappa shape index (κ3) is 5.06. The van der Waals surface area contributed by atoms with Crippen molar-refractivity contribution in [3.05, 3.63) is 59.6 Å². The summed E-state index contributed by atoms with van der Waals surface area (Å²) in [4.78, 5) is 55.8. The number of rotatable bonds is 7. The first kappa shape index (κ1) is 28.5. The monoisotopic (exact) mass is 610 g/mol. The zero-order valence-electron chi connectivity index (χ0n) is 25.7. The van der Waals surface area contributed by atoms with E-state index in [2.05, 4.69) is 27.2 Å². The van der Waals surface area contributed by atoms with Crippen LogP contribution in [0.4, 0.5) is 5.69 Å². The fourth-order valence-corrected chi connectivity index (χ4v) is 9.69. The van der Waals surface area contributed by atoms with Crippen molar-refractivity contribution in [2.45, 2.75) is 82.8 Å². The number of allylic oxidation sites excluding steroid dienone is 1. The molecule has 1 unspecified atom stereocenters. The van der Waals surface area contributed by atoms with Gasteiger partial charge in [0.25, 0.3) is 11.8 Å². The number of amides is 4. The quantitative estimate of drug-likeness (QED) is 0.446. The number of hydrogen-bond acceptors (Lipinski definition) is 6. The van der Waals surface area contributed by atoms with E-state index in [0.29, 0.717) is 53.7 Å². The maximum absolute atomic E-state index is 13.4. The largest absolute Gasteiger partial charge is 0.380 e. The second-order valence-corrected chi connectivity index (χ2v) is 14.4. The van der Waals surface area contributed by atoms with E-state index in [9.17, 15) is 19.2 Å². The van der Waals surface area contributed by atoms with Crippen molar-refractivity contribution >= 4 is 29.3 Å². The first-order valence-corrected chi connectivity index (χ1v) is 16.9. The van der Waals surface area contributed by atoms with Crippen LogP contribution in [0, 0.1) is 29.6 Å². The second kappa shape index (κ2) is 11.1. The molecule has 1 aromatic carbocycles. The number of likely N-dealkylation sites (tertiary alicyclic amines) is 1. The van der Waals surface area contributed by atoms with Gasteiger partial charge in [-0.15, -0.1) is 0 Å². The van der Waals surface area contributed by atoms with Gasteiger partial charge in [-0.2, -0.15) is 5.10 Å². The van der Waals surface area contributed by atoms with Gasteiger partial charge >= 0.3 is 0 Å². The minimum atomic E-state index is -0.840. The number of hydrogen-bond donors (Lipinski definition) is 2. The lowest BCUT2D eigenvalue weighted by Gasteiger charge is -2.54. The molecule has 1 aromatic heterocycles. The van der Waals surface area contributed by atoms with E-state index in [-0.39, 0.29) is 11.9 Å². The molecule has 7 aliphatic rings. The molecule has 4 heterocycles. The number of nitrogens with zero attached hydrogens (tertiary/aromatic N) is 4. The van der Waals surface area contributed by atoms with Gasteiger partial charge in [-0.05, 0) is 99.5 Å². The molecule has 2 N–H and O–H groups in total. The molecule has 1 atom stereocenters. The summed E-state index contributed by atoms with van der Waals surface area (Å²) >= 11 is 0. The predicted molar refractivity (Wildman–Crippen MR) is 167 cm³/mol. The molecule has 0 radical (unpaired) electrons. The lowest BCUT2D eigenvalue weighted by molar-refractivity contribution is -0.137. The van der Waals surface area contributed by atoms with Gasteiger partial charge in [0.15, 0.2) is 0 Å². The van der Waals surface area contributed by atoms with Gasteiger partial charge in [0, 0.05) is 49.2 Å². The van der Waals surface area contributed by atoms with Gasteiger partial charge in [0.05, 0.1) is 23.4 Å². The molecule has 0 spiro atoms. The van der Waals surface area contributed by atoms with Crippen LogP contribution >= 0.6 is 0 Å². The number of nitrogens with one attached hydrogen (secondary N) is 2. The molecular weight excluding hydrogens is 568 g/mol. The molecule has 2 saturated heterocycles. The molecule has 236 valence electrons. The van der Waals surface area contributed by atoms with Crippen molar-refractivity contribution in [3.63, 3.8) is 0 Å². The van der Waals surface area contributed by atoms with Crippen LogP contribution in [-0.4, -0.2) is 62.3 Å². The van der Waals surface area contributed by atoms with Crippen molar-refractivity contribution in [2.75, 3.05) is 18.4 Å².